The van der Waals surface area contributed by atoms with Crippen LogP contribution < -0.4 is 5.32 Å². The Balaban J connectivity index is 1.66. The third-order valence-electron chi connectivity index (χ3n) is 3.34. The second-order valence-corrected chi connectivity index (χ2v) is 6.55. The third kappa shape index (κ3) is 5.74. The summed E-state index contributed by atoms with van der Waals surface area (Å²) in [6.45, 7) is 10.2. The van der Waals surface area contributed by atoms with Crippen LogP contribution in [0.25, 0.3) is 0 Å². The molecule has 108 valence electrons. The molecule has 0 saturated heterocycles. The Kier molecular flexibility index (Phi) is 4.99. The van der Waals surface area contributed by atoms with Crippen LogP contribution in [0.5, 0.6) is 0 Å². The summed E-state index contributed by atoms with van der Waals surface area (Å²) in [5.41, 5.74) is 1.39. The smallest absolute Gasteiger partial charge is 0.0948 e. The zero-order valence-electron chi connectivity index (χ0n) is 12.5. The van der Waals surface area contributed by atoms with E-state index in [2.05, 4.69) is 35.6 Å². The molecule has 1 aromatic heterocycles. The second kappa shape index (κ2) is 6.53. The van der Waals surface area contributed by atoms with Crippen molar-refractivity contribution in [1.82, 2.24) is 14.9 Å². The van der Waals surface area contributed by atoms with E-state index in [-0.39, 0.29) is 5.54 Å². The molecule has 1 saturated carbocycles. The first kappa shape index (κ1) is 14.5. The molecule has 4 heteroatoms. The maximum Gasteiger partial charge on any atom is 0.0948 e. The van der Waals surface area contributed by atoms with E-state index in [4.69, 9.17) is 4.74 Å². The number of imidazole rings is 1. The van der Waals surface area contributed by atoms with Crippen LogP contribution in [0.1, 0.15) is 45.7 Å². The van der Waals surface area contributed by atoms with E-state index in [1.807, 2.05) is 12.5 Å². The minimum absolute atomic E-state index is 0.141. The van der Waals surface area contributed by atoms with E-state index < -0.39 is 0 Å². The van der Waals surface area contributed by atoms with Gasteiger partial charge in [0.05, 0.1) is 12.0 Å². The Labute approximate surface area is 116 Å². The van der Waals surface area contributed by atoms with Crippen molar-refractivity contribution in [2.75, 3.05) is 13.2 Å². The lowest BCUT2D eigenvalue weighted by molar-refractivity contribution is 0.119. The summed E-state index contributed by atoms with van der Waals surface area (Å²) in [6.07, 6.45) is 7.66. The summed E-state index contributed by atoms with van der Waals surface area (Å²) >= 11 is 0. The molecule has 1 aliphatic rings. The SMILES string of the molecule is CC(C)(C)NCc1cncn1CCCOCC1CC1. The van der Waals surface area contributed by atoms with Crippen LogP contribution in [-0.2, 0) is 17.8 Å². The number of nitrogens with zero attached hydrogens (tertiary/aromatic N) is 2. The number of aryl methyl sites for hydroxylation is 1. The normalized spacial score (nSPS) is 15.9. The Hall–Kier alpha value is -0.870. The Morgan fingerprint density at radius 1 is 1.42 bits per heavy atom. The fourth-order valence-corrected chi connectivity index (χ4v) is 1.92. The number of rotatable bonds is 8. The fourth-order valence-electron chi connectivity index (χ4n) is 1.92. The first-order chi connectivity index (χ1) is 9.04. The average Bonchev–Trinajstić information content (AvgIpc) is 3.04. The van der Waals surface area contributed by atoms with Gasteiger partial charge in [0, 0.05) is 38.0 Å². The molecule has 1 fully saturated rings. The van der Waals surface area contributed by atoms with Gasteiger partial charge in [0.2, 0.25) is 0 Å². The van der Waals surface area contributed by atoms with Gasteiger partial charge in [0.1, 0.15) is 0 Å². The van der Waals surface area contributed by atoms with Crippen LogP contribution in [0.3, 0.4) is 0 Å². The molecular weight excluding hydrogens is 238 g/mol. The number of ether oxygens (including phenoxy) is 1. The van der Waals surface area contributed by atoms with Crippen molar-refractivity contribution < 1.29 is 4.74 Å². The molecule has 0 amide bonds. The predicted octanol–water partition coefficient (Wildman–Crippen LogP) is 2.59. The number of hydrogen-bond donors (Lipinski definition) is 1. The van der Waals surface area contributed by atoms with E-state index in [1.165, 1.54) is 18.5 Å². The van der Waals surface area contributed by atoms with Crippen molar-refractivity contribution in [3.63, 3.8) is 0 Å². The highest BCUT2D eigenvalue weighted by Gasteiger charge is 2.20. The van der Waals surface area contributed by atoms with Gasteiger partial charge in [-0.2, -0.15) is 0 Å². The molecule has 1 heterocycles. The quantitative estimate of drug-likeness (QED) is 0.734. The van der Waals surface area contributed by atoms with Crippen LogP contribution >= 0.6 is 0 Å². The molecule has 1 N–H and O–H groups in total. The van der Waals surface area contributed by atoms with Gasteiger partial charge in [0.15, 0.2) is 0 Å². The van der Waals surface area contributed by atoms with Gasteiger partial charge in [0.25, 0.3) is 0 Å². The molecule has 1 aliphatic carbocycles. The monoisotopic (exact) mass is 265 g/mol. The lowest BCUT2D eigenvalue weighted by atomic mass is 10.1. The summed E-state index contributed by atoms with van der Waals surface area (Å²) in [4.78, 5) is 4.24. The van der Waals surface area contributed by atoms with Gasteiger partial charge in [-0.25, -0.2) is 4.98 Å². The lowest BCUT2D eigenvalue weighted by Crippen LogP contribution is -2.35. The topological polar surface area (TPSA) is 39.1 Å². The van der Waals surface area contributed by atoms with Gasteiger partial charge in [-0.15, -0.1) is 0 Å². The van der Waals surface area contributed by atoms with Gasteiger partial charge < -0.3 is 14.6 Å². The predicted molar refractivity (Wildman–Crippen MR) is 77.0 cm³/mol. The highest BCUT2D eigenvalue weighted by Crippen LogP contribution is 2.28. The molecule has 0 bridgehead atoms. The molecule has 2 rings (SSSR count). The minimum Gasteiger partial charge on any atom is -0.381 e. The zero-order valence-corrected chi connectivity index (χ0v) is 12.5. The molecular formula is C15H27N3O. The van der Waals surface area contributed by atoms with Crippen molar-refractivity contribution in [3.8, 4) is 0 Å². The summed E-state index contributed by atoms with van der Waals surface area (Å²) in [5.74, 6) is 0.861. The molecule has 4 nitrogen and oxygen atoms in total. The first-order valence-corrected chi connectivity index (χ1v) is 7.36. The average molecular weight is 265 g/mol. The van der Waals surface area contributed by atoms with Crippen LogP contribution in [-0.4, -0.2) is 28.3 Å². The van der Waals surface area contributed by atoms with Crippen LogP contribution in [0.2, 0.25) is 0 Å². The minimum atomic E-state index is 0.141. The number of aromatic nitrogens is 2. The maximum absolute atomic E-state index is 5.66. The van der Waals surface area contributed by atoms with E-state index in [1.54, 1.807) is 0 Å². The Morgan fingerprint density at radius 2 is 2.21 bits per heavy atom. The summed E-state index contributed by atoms with van der Waals surface area (Å²) in [5, 5.41) is 3.50. The van der Waals surface area contributed by atoms with E-state index in [0.717, 1.165) is 38.6 Å². The highest BCUT2D eigenvalue weighted by atomic mass is 16.5. The largest absolute Gasteiger partial charge is 0.381 e. The van der Waals surface area contributed by atoms with Crippen molar-refractivity contribution in [3.05, 3.63) is 18.2 Å². The van der Waals surface area contributed by atoms with E-state index in [0.29, 0.717) is 0 Å². The molecule has 0 aromatic carbocycles. The third-order valence-corrected chi connectivity index (χ3v) is 3.34. The van der Waals surface area contributed by atoms with Crippen molar-refractivity contribution in [1.29, 1.82) is 0 Å². The van der Waals surface area contributed by atoms with Crippen molar-refractivity contribution in [2.24, 2.45) is 5.92 Å². The standard InChI is InChI=1S/C15H27N3O/c1-15(2,3)17-10-14-9-16-12-18(14)7-4-8-19-11-13-5-6-13/h9,12-13,17H,4-8,10-11H2,1-3H3. The van der Waals surface area contributed by atoms with Crippen molar-refractivity contribution in [2.45, 2.75) is 58.7 Å². The fraction of sp³-hybridized carbons (Fsp3) is 0.800. The number of nitrogens with one attached hydrogen (secondary N) is 1. The molecule has 0 spiro atoms. The van der Waals surface area contributed by atoms with Crippen molar-refractivity contribution >= 4 is 0 Å². The molecule has 0 aliphatic heterocycles. The molecule has 0 unspecified atom stereocenters. The molecule has 19 heavy (non-hydrogen) atoms. The maximum atomic E-state index is 5.66. The van der Waals surface area contributed by atoms with Crippen LogP contribution in [0, 0.1) is 5.92 Å². The van der Waals surface area contributed by atoms with Gasteiger partial charge in [-0.05, 0) is 46.0 Å². The lowest BCUT2D eigenvalue weighted by Gasteiger charge is -2.21. The Bertz CT molecular complexity index is 377. The van der Waals surface area contributed by atoms with Crippen LogP contribution in [0.15, 0.2) is 12.5 Å². The van der Waals surface area contributed by atoms with Gasteiger partial charge in [-0.3, -0.25) is 0 Å². The Morgan fingerprint density at radius 3 is 2.89 bits per heavy atom. The van der Waals surface area contributed by atoms with Crippen LogP contribution in [0.4, 0.5) is 0 Å². The molecule has 0 radical (unpaired) electrons. The molecule has 1 aromatic rings. The second-order valence-electron chi connectivity index (χ2n) is 6.55. The summed E-state index contributed by atoms with van der Waals surface area (Å²) in [6, 6.07) is 0. The first-order valence-electron chi connectivity index (χ1n) is 7.36. The van der Waals surface area contributed by atoms with Gasteiger partial charge in [-0.1, -0.05) is 0 Å². The van der Waals surface area contributed by atoms with E-state index >= 15 is 0 Å². The highest BCUT2D eigenvalue weighted by molar-refractivity contribution is 4.98. The summed E-state index contributed by atoms with van der Waals surface area (Å²) < 4.78 is 7.88. The number of hydrogen-bond acceptors (Lipinski definition) is 3. The van der Waals surface area contributed by atoms with Gasteiger partial charge >= 0.3 is 0 Å². The summed E-state index contributed by atoms with van der Waals surface area (Å²) in [7, 11) is 0. The molecule has 0 atom stereocenters. The van der Waals surface area contributed by atoms with E-state index in [9.17, 15) is 0 Å². The zero-order chi connectivity index (χ0) is 13.7.